The molecule has 2 heterocycles. The van der Waals surface area contributed by atoms with E-state index in [1.165, 1.54) is 0 Å². The highest BCUT2D eigenvalue weighted by atomic mass is 16.7. The van der Waals surface area contributed by atoms with E-state index in [0.717, 1.165) is 13.1 Å². The number of ether oxygens (including phenoxy) is 2. The van der Waals surface area contributed by atoms with Gasteiger partial charge in [-0.2, -0.15) is 0 Å². The fourth-order valence-electron chi connectivity index (χ4n) is 2.78. The van der Waals surface area contributed by atoms with Crippen LogP contribution in [0, 0.1) is 0 Å². The third kappa shape index (κ3) is 2.96. The standard InChI is InChI=1S/C15H20N2O4/c1-11(18)9-16-5-7-17(8-6-16)15(19)12-3-2-4-13-14(12)21-10-20-13/h2-4,11,18H,5-10H2,1H3. The van der Waals surface area contributed by atoms with Crippen molar-refractivity contribution >= 4 is 5.91 Å². The van der Waals surface area contributed by atoms with E-state index < -0.39 is 0 Å². The maximum atomic E-state index is 12.6. The van der Waals surface area contributed by atoms with E-state index in [-0.39, 0.29) is 18.8 Å². The Morgan fingerprint density at radius 1 is 1.29 bits per heavy atom. The van der Waals surface area contributed by atoms with Gasteiger partial charge in [0.25, 0.3) is 5.91 Å². The minimum absolute atomic E-state index is 0.0194. The first-order valence-electron chi connectivity index (χ1n) is 7.23. The number of carbonyl (C=O) groups excluding carboxylic acids is 1. The molecular weight excluding hydrogens is 272 g/mol. The van der Waals surface area contributed by atoms with Crippen LogP contribution in [0.15, 0.2) is 18.2 Å². The molecule has 0 bridgehead atoms. The predicted octanol–water partition coefficient (Wildman–Crippen LogP) is 0.554. The van der Waals surface area contributed by atoms with Crippen molar-refractivity contribution in [3.63, 3.8) is 0 Å². The molecule has 2 aliphatic rings. The van der Waals surface area contributed by atoms with Gasteiger partial charge in [-0.15, -0.1) is 0 Å². The zero-order valence-electron chi connectivity index (χ0n) is 12.1. The van der Waals surface area contributed by atoms with Gasteiger partial charge in [0.05, 0.1) is 11.7 Å². The lowest BCUT2D eigenvalue weighted by Crippen LogP contribution is -2.50. The molecule has 1 fully saturated rings. The maximum Gasteiger partial charge on any atom is 0.257 e. The number of aliphatic hydroxyl groups is 1. The summed E-state index contributed by atoms with van der Waals surface area (Å²) in [6, 6.07) is 5.39. The summed E-state index contributed by atoms with van der Waals surface area (Å²) in [7, 11) is 0. The molecule has 6 heteroatoms. The first-order chi connectivity index (χ1) is 10.1. The van der Waals surface area contributed by atoms with Gasteiger partial charge in [-0.05, 0) is 19.1 Å². The molecule has 2 aliphatic heterocycles. The number of para-hydroxylation sites is 1. The smallest absolute Gasteiger partial charge is 0.257 e. The maximum absolute atomic E-state index is 12.6. The number of benzene rings is 1. The molecule has 1 unspecified atom stereocenters. The van der Waals surface area contributed by atoms with Gasteiger partial charge >= 0.3 is 0 Å². The molecule has 0 radical (unpaired) electrons. The van der Waals surface area contributed by atoms with Crippen molar-refractivity contribution in [1.29, 1.82) is 0 Å². The molecule has 1 saturated heterocycles. The van der Waals surface area contributed by atoms with Crippen molar-refractivity contribution in [2.45, 2.75) is 13.0 Å². The lowest BCUT2D eigenvalue weighted by Gasteiger charge is -2.35. The lowest BCUT2D eigenvalue weighted by atomic mass is 10.1. The highest BCUT2D eigenvalue weighted by molar-refractivity contribution is 5.98. The Kier molecular flexibility index (Phi) is 3.98. The quantitative estimate of drug-likeness (QED) is 0.882. The Bertz CT molecular complexity index is 524. The van der Waals surface area contributed by atoms with Crippen LogP contribution in [0.4, 0.5) is 0 Å². The second-order valence-electron chi connectivity index (χ2n) is 5.48. The zero-order valence-corrected chi connectivity index (χ0v) is 12.1. The van der Waals surface area contributed by atoms with Crippen LogP contribution in [0.5, 0.6) is 11.5 Å². The summed E-state index contributed by atoms with van der Waals surface area (Å²) in [4.78, 5) is 16.6. The van der Waals surface area contributed by atoms with Crippen LogP contribution in [0.3, 0.4) is 0 Å². The summed E-state index contributed by atoms with van der Waals surface area (Å²) in [5.41, 5.74) is 0.564. The average molecular weight is 292 g/mol. The van der Waals surface area contributed by atoms with Gasteiger partial charge < -0.3 is 19.5 Å². The van der Waals surface area contributed by atoms with E-state index in [4.69, 9.17) is 9.47 Å². The molecule has 0 aliphatic carbocycles. The van der Waals surface area contributed by atoms with Gasteiger partial charge in [0.1, 0.15) is 0 Å². The molecule has 1 atom stereocenters. The number of fused-ring (bicyclic) bond motifs is 1. The summed E-state index contributed by atoms with van der Waals surface area (Å²) in [6.07, 6.45) is -0.338. The number of aliphatic hydroxyl groups excluding tert-OH is 1. The first kappa shape index (κ1) is 14.2. The van der Waals surface area contributed by atoms with Crippen LogP contribution in [-0.2, 0) is 0 Å². The number of nitrogens with zero attached hydrogens (tertiary/aromatic N) is 2. The second-order valence-corrected chi connectivity index (χ2v) is 5.48. The van der Waals surface area contributed by atoms with Crippen LogP contribution in [0.25, 0.3) is 0 Å². The number of piperazine rings is 1. The molecule has 1 amide bonds. The average Bonchev–Trinajstić information content (AvgIpc) is 2.95. The highest BCUT2D eigenvalue weighted by Gasteiger charge is 2.27. The van der Waals surface area contributed by atoms with Crippen molar-refractivity contribution in [2.75, 3.05) is 39.5 Å². The number of hydrogen-bond donors (Lipinski definition) is 1. The first-order valence-corrected chi connectivity index (χ1v) is 7.23. The molecule has 3 rings (SSSR count). The van der Waals surface area contributed by atoms with Gasteiger partial charge in [-0.3, -0.25) is 9.69 Å². The Hall–Kier alpha value is -1.79. The normalized spacial score (nSPS) is 19.6. The largest absolute Gasteiger partial charge is 0.454 e. The summed E-state index contributed by atoms with van der Waals surface area (Å²) in [5, 5.41) is 9.41. The molecule has 114 valence electrons. The Balaban J connectivity index is 1.66. The highest BCUT2D eigenvalue weighted by Crippen LogP contribution is 2.35. The third-order valence-corrected chi connectivity index (χ3v) is 3.81. The van der Waals surface area contributed by atoms with Crippen molar-refractivity contribution in [3.8, 4) is 11.5 Å². The summed E-state index contributed by atoms with van der Waals surface area (Å²) in [6.45, 7) is 5.49. The van der Waals surface area contributed by atoms with Crippen molar-refractivity contribution in [1.82, 2.24) is 9.80 Å². The van der Waals surface area contributed by atoms with Gasteiger partial charge in [0.2, 0.25) is 6.79 Å². The molecule has 1 aromatic rings. The van der Waals surface area contributed by atoms with E-state index >= 15 is 0 Å². The van der Waals surface area contributed by atoms with Crippen molar-refractivity contribution in [3.05, 3.63) is 23.8 Å². The minimum atomic E-state index is -0.338. The van der Waals surface area contributed by atoms with E-state index in [2.05, 4.69) is 4.90 Å². The van der Waals surface area contributed by atoms with Crippen LogP contribution >= 0.6 is 0 Å². The van der Waals surface area contributed by atoms with Crippen LogP contribution < -0.4 is 9.47 Å². The van der Waals surface area contributed by atoms with Crippen molar-refractivity contribution in [2.24, 2.45) is 0 Å². The number of rotatable bonds is 3. The van der Waals surface area contributed by atoms with Gasteiger partial charge in [0, 0.05) is 32.7 Å². The molecule has 6 nitrogen and oxygen atoms in total. The van der Waals surface area contributed by atoms with Crippen LogP contribution in [0.2, 0.25) is 0 Å². The Morgan fingerprint density at radius 3 is 2.76 bits per heavy atom. The van der Waals surface area contributed by atoms with Gasteiger partial charge in [0.15, 0.2) is 11.5 Å². The van der Waals surface area contributed by atoms with E-state index in [1.54, 1.807) is 19.1 Å². The zero-order chi connectivity index (χ0) is 14.8. The number of carbonyl (C=O) groups is 1. The fourth-order valence-corrected chi connectivity index (χ4v) is 2.78. The Labute approximate surface area is 123 Å². The van der Waals surface area contributed by atoms with Crippen LogP contribution in [0.1, 0.15) is 17.3 Å². The minimum Gasteiger partial charge on any atom is -0.454 e. The molecule has 21 heavy (non-hydrogen) atoms. The van der Waals surface area contributed by atoms with E-state index in [1.807, 2.05) is 11.0 Å². The number of β-amino-alcohol motifs (C(OH)–C–C–N with tert-alkyl or cyclic N) is 1. The third-order valence-electron chi connectivity index (χ3n) is 3.81. The number of hydrogen-bond acceptors (Lipinski definition) is 5. The van der Waals surface area contributed by atoms with E-state index in [9.17, 15) is 9.90 Å². The van der Waals surface area contributed by atoms with E-state index in [0.29, 0.717) is 36.7 Å². The second kappa shape index (κ2) is 5.91. The fraction of sp³-hybridized carbons (Fsp3) is 0.533. The van der Waals surface area contributed by atoms with Crippen LogP contribution in [-0.4, -0.2) is 66.4 Å². The molecular formula is C15H20N2O4. The predicted molar refractivity (Wildman–Crippen MR) is 76.6 cm³/mol. The van der Waals surface area contributed by atoms with Gasteiger partial charge in [-0.1, -0.05) is 6.07 Å². The Morgan fingerprint density at radius 2 is 2.05 bits per heavy atom. The summed E-state index contributed by atoms with van der Waals surface area (Å²) >= 11 is 0. The summed E-state index contributed by atoms with van der Waals surface area (Å²) in [5.74, 6) is 1.16. The topological polar surface area (TPSA) is 62.2 Å². The molecule has 1 N–H and O–H groups in total. The molecule has 1 aromatic carbocycles. The SMILES string of the molecule is CC(O)CN1CCN(C(=O)c2cccc3c2OCO3)CC1. The monoisotopic (exact) mass is 292 g/mol. The molecule has 0 saturated carbocycles. The number of amides is 1. The summed E-state index contributed by atoms with van der Waals surface area (Å²) < 4.78 is 10.7. The molecule has 0 aromatic heterocycles. The lowest BCUT2D eigenvalue weighted by molar-refractivity contribution is 0.0551. The molecule has 0 spiro atoms. The van der Waals surface area contributed by atoms with Gasteiger partial charge in [-0.25, -0.2) is 0 Å². The van der Waals surface area contributed by atoms with Crippen molar-refractivity contribution < 1.29 is 19.4 Å².